The summed E-state index contributed by atoms with van der Waals surface area (Å²) in [5.74, 6) is -0.196. The van der Waals surface area contributed by atoms with E-state index in [1.54, 1.807) is 0 Å². The van der Waals surface area contributed by atoms with Crippen molar-refractivity contribution in [2.24, 2.45) is 16.7 Å². The molecule has 2 saturated carbocycles. The van der Waals surface area contributed by atoms with Crippen LogP contribution >= 0.6 is 0 Å². The second kappa shape index (κ2) is 3.69. The van der Waals surface area contributed by atoms with E-state index in [4.69, 9.17) is 4.74 Å². The van der Waals surface area contributed by atoms with E-state index in [-0.39, 0.29) is 23.1 Å². The number of fused-ring (bicyclic) bond motifs is 2. The van der Waals surface area contributed by atoms with Crippen LogP contribution in [0.2, 0.25) is 0 Å². The molecule has 0 amide bonds. The standard InChI is InChI=1S/C15H20O3/c1-3-18-13(17)14(2)9-15-6-4-5-10(15)7-11(14)12(16)8-15/h7,11H,3-6,8-9H2,1-2H3/t11-,14+,15+/m0/s1. The third-order valence-electron chi connectivity index (χ3n) is 5.14. The molecule has 0 aliphatic heterocycles. The van der Waals surface area contributed by atoms with Crippen LogP contribution in [0.1, 0.15) is 46.0 Å². The van der Waals surface area contributed by atoms with E-state index in [1.165, 1.54) is 5.57 Å². The number of allylic oxidation sites excluding steroid dienone is 2. The molecule has 0 aromatic rings. The normalized spacial score (nSPS) is 41.6. The van der Waals surface area contributed by atoms with Crippen molar-refractivity contribution in [3.8, 4) is 0 Å². The van der Waals surface area contributed by atoms with Crippen molar-refractivity contribution in [2.75, 3.05) is 6.61 Å². The molecule has 0 N–H and O–H groups in total. The molecular formula is C15H20O3. The highest BCUT2D eigenvalue weighted by atomic mass is 16.5. The SMILES string of the molecule is CCOC(=O)[C@]1(C)C[C@]23CCCC2=C[C@H]1C(=O)C3. The number of ether oxygens (including phenoxy) is 1. The van der Waals surface area contributed by atoms with Gasteiger partial charge in [0.25, 0.3) is 0 Å². The molecule has 3 heteroatoms. The fourth-order valence-corrected chi connectivity index (χ4v) is 4.35. The van der Waals surface area contributed by atoms with E-state index >= 15 is 0 Å². The number of Topliss-reactive ketones (excluding diaryl/α,β-unsaturated/α-hetero) is 1. The zero-order valence-corrected chi connectivity index (χ0v) is 11.1. The number of ketones is 1. The summed E-state index contributed by atoms with van der Waals surface area (Å²) in [4.78, 5) is 24.5. The van der Waals surface area contributed by atoms with E-state index in [9.17, 15) is 9.59 Å². The predicted molar refractivity (Wildman–Crippen MR) is 66.8 cm³/mol. The summed E-state index contributed by atoms with van der Waals surface area (Å²) in [6.45, 7) is 4.12. The topological polar surface area (TPSA) is 43.4 Å². The van der Waals surface area contributed by atoms with Gasteiger partial charge >= 0.3 is 5.97 Å². The highest BCUT2D eigenvalue weighted by Crippen LogP contribution is 2.63. The maximum absolute atomic E-state index is 12.3. The number of carbonyl (C=O) groups excluding carboxylic acids is 2. The van der Waals surface area contributed by atoms with Crippen LogP contribution in [0.5, 0.6) is 0 Å². The Morgan fingerprint density at radius 2 is 2.33 bits per heavy atom. The first-order valence-electron chi connectivity index (χ1n) is 6.93. The van der Waals surface area contributed by atoms with E-state index in [0.717, 1.165) is 25.7 Å². The summed E-state index contributed by atoms with van der Waals surface area (Å²) in [7, 11) is 0. The van der Waals surface area contributed by atoms with E-state index in [2.05, 4.69) is 6.08 Å². The molecule has 4 aliphatic rings. The maximum atomic E-state index is 12.3. The lowest BCUT2D eigenvalue weighted by molar-refractivity contribution is -0.166. The van der Waals surface area contributed by atoms with Gasteiger partial charge in [-0.3, -0.25) is 9.59 Å². The van der Waals surface area contributed by atoms with E-state index in [1.807, 2.05) is 13.8 Å². The van der Waals surface area contributed by atoms with Crippen molar-refractivity contribution in [3.05, 3.63) is 11.6 Å². The lowest BCUT2D eigenvalue weighted by Gasteiger charge is -2.51. The average Bonchev–Trinajstić information content (AvgIpc) is 2.70. The van der Waals surface area contributed by atoms with Crippen molar-refractivity contribution in [1.82, 2.24) is 0 Å². The van der Waals surface area contributed by atoms with Gasteiger partial charge < -0.3 is 4.74 Å². The largest absolute Gasteiger partial charge is 0.466 e. The number of hydrogen-bond donors (Lipinski definition) is 0. The summed E-state index contributed by atoms with van der Waals surface area (Å²) in [5, 5.41) is 0. The molecule has 1 spiro atoms. The van der Waals surface area contributed by atoms with Crippen LogP contribution in [-0.2, 0) is 14.3 Å². The molecule has 0 aromatic heterocycles. The zero-order valence-electron chi connectivity index (χ0n) is 11.1. The Balaban J connectivity index is 2.02. The Bertz CT molecular complexity index is 451. The Morgan fingerprint density at radius 1 is 1.56 bits per heavy atom. The average molecular weight is 248 g/mol. The van der Waals surface area contributed by atoms with Crippen molar-refractivity contribution < 1.29 is 14.3 Å². The number of hydrogen-bond acceptors (Lipinski definition) is 3. The maximum Gasteiger partial charge on any atom is 0.312 e. The van der Waals surface area contributed by atoms with Gasteiger partial charge in [-0.2, -0.15) is 0 Å². The highest BCUT2D eigenvalue weighted by molar-refractivity contribution is 5.94. The first kappa shape index (κ1) is 11.9. The third-order valence-corrected chi connectivity index (χ3v) is 5.14. The Kier molecular flexibility index (Phi) is 2.45. The number of esters is 1. The smallest absolute Gasteiger partial charge is 0.312 e. The van der Waals surface area contributed by atoms with E-state index < -0.39 is 5.41 Å². The van der Waals surface area contributed by atoms with Crippen molar-refractivity contribution in [1.29, 1.82) is 0 Å². The van der Waals surface area contributed by atoms with Crippen LogP contribution in [0, 0.1) is 16.7 Å². The second-order valence-electron chi connectivity index (χ2n) is 6.26. The molecular weight excluding hydrogens is 228 g/mol. The van der Waals surface area contributed by atoms with Gasteiger partial charge in [-0.05, 0) is 44.9 Å². The van der Waals surface area contributed by atoms with Gasteiger partial charge in [0.05, 0.1) is 17.9 Å². The molecule has 0 unspecified atom stereocenters. The fourth-order valence-electron chi connectivity index (χ4n) is 4.35. The third kappa shape index (κ3) is 1.36. The van der Waals surface area contributed by atoms with Gasteiger partial charge in [0.1, 0.15) is 5.78 Å². The molecule has 0 radical (unpaired) electrons. The lowest BCUT2D eigenvalue weighted by Crippen LogP contribution is -2.53. The summed E-state index contributed by atoms with van der Waals surface area (Å²) in [5.41, 5.74) is 0.806. The van der Waals surface area contributed by atoms with E-state index in [0.29, 0.717) is 13.0 Å². The minimum absolute atomic E-state index is 0.00660. The summed E-state index contributed by atoms with van der Waals surface area (Å²) < 4.78 is 5.21. The van der Waals surface area contributed by atoms with Crippen LogP contribution in [-0.4, -0.2) is 18.4 Å². The van der Waals surface area contributed by atoms with Gasteiger partial charge in [0.15, 0.2) is 0 Å². The molecule has 2 fully saturated rings. The molecule has 0 heterocycles. The molecule has 0 saturated heterocycles. The first-order valence-corrected chi connectivity index (χ1v) is 6.93. The molecule has 3 nitrogen and oxygen atoms in total. The monoisotopic (exact) mass is 248 g/mol. The Hall–Kier alpha value is -1.12. The fraction of sp³-hybridized carbons (Fsp3) is 0.733. The quantitative estimate of drug-likeness (QED) is 0.557. The lowest BCUT2D eigenvalue weighted by atomic mass is 9.51. The molecule has 98 valence electrons. The minimum atomic E-state index is -0.626. The van der Waals surface area contributed by atoms with Crippen LogP contribution in [0.3, 0.4) is 0 Å². The number of rotatable bonds is 2. The van der Waals surface area contributed by atoms with Crippen LogP contribution in [0.15, 0.2) is 11.6 Å². The second-order valence-corrected chi connectivity index (χ2v) is 6.26. The number of carbonyl (C=O) groups is 2. The predicted octanol–water partition coefficient (Wildman–Crippen LogP) is 2.65. The van der Waals surface area contributed by atoms with Gasteiger partial charge in [-0.25, -0.2) is 0 Å². The van der Waals surface area contributed by atoms with Crippen LogP contribution in [0.25, 0.3) is 0 Å². The van der Waals surface area contributed by atoms with Crippen LogP contribution in [0.4, 0.5) is 0 Å². The zero-order chi connectivity index (χ0) is 13.0. The molecule has 4 aliphatic carbocycles. The molecule has 18 heavy (non-hydrogen) atoms. The van der Waals surface area contributed by atoms with Crippen molar-refractivity contribution in [2.45, 2.75) is 46.0 Å². The molecule has 0 aromatic carbocycles. The first-order chi connectivity index (χ1) is 8.52. The molecule has 3 atom stereocenters. The van der Waals surface area contributed by atoms with Gasteiger partial charge in [-0.15, -0.1) is 0 Å². The van der Waals surface area contributed by atoms with Gasteiger partial charge in [0, 0.05) is 6.42 Å². The van der Waals surface area contributed by atoms with Crippen molar-refractivity contribution in [3.63, 3.8) is 0 Å². The summed E-state index contributed by atoms with van der Waals surface area (Å²) in [6, 6.07) is 0. The van der Waals surface area contributed by atoms with Gasteiger partial charge in [0.2, 0.25) is 0 Å². The van der Waals surface area contributed by atoms with Crippen molar-refractivity contribution >= 4 is 11.8 Å². The molecule has 4 rings (SSSR count). The summed E-state index contributed by atoms with van der Waals surface area (Å²) >= 11 is 0. The van der Waals surface area contributed by atoms with Crippen LogP contribution < -0.4 is 0 Å². The minimum Gasteiger partial charge on any atom is -0.466 e. The highest BCUT2D eigenvalue weighted by Gasteiger charge is 2.61. The Morgan fingerprint density at radius 3 is 3.06 bits per heavy atom. The van der Waals surface area contributed by atoms with Gasteiger partial charge in [-0.1, -0.05) is 11.6 Å². The summed E-state index contributed by atoms with van der Waals surface area (Å²) in [6.07, 6.45) is 6.89. The Labute approximate surface area is 108 Å². The molecule has 2 bridgehead atoms.